The van der Waals surface area contributed by atoms with Crippen LogP contribution in [0.15, 0.2) is 30.6 Å². The molecule has 0 saturated carbocycles. The third-order valence-electron chi connectivity index (χ3n) is 3.73. The fourth-order valence-electron chi connectivity index (χ4n) is 2.69. The highest BCUT2D eigenvalue weighted by Crippen LogP contribution is 2.11. The van der Waals surface area contributed by atoms with Gasteiger partial charge in [0.25, 0.3) is 0 Å². The van der Waals surface area contributed by atoms with Crippen LogP contribution in [0.5, 0.6) is 0 Å². The Balaban J connectivity index is 2.10. The van der Waals surface area contributed by atoms with Crippen molar-refractivity contribution >= 4 is 0 Å². The van der Waals surface area contributed by atoms with Gasteiger partial charge in [-0.25, -0.2) is 0 Å². The second kappa shape index (κ2) is 7.93. The average Bonchev–Trinajstić information content (AvgIpc) is 2.90. The Morgan fingerprint density at radius 3 is 2.71 bits per heavy atom. The fourth-order valence-corrected chi connectivity index (χ4v) is 2.69. The molecular weight excluding hydrogens is 260 g/mol. The highest BCUT2D eigenvalue weighted by atomic mass is 15.3. The second-order valence-electron chi connectivity index (χ2n) is 5.32. The smallest absolute Gasteiger partial charge is 0.0624 e. The molecule has 0 aliphatic heterocycles. The quantitative estimate of drug-likeness (QED) is 0.811. The van der Waals surface area contributed by atoms with Crippen molar-refractivity contribution in [1.29, 1.82) is 0 Å². The van der Waals surface area contributed by atoms with Gasteiger partial charge >= 0.3 is 0 Å². The maximum atomic E-state index is 4.64. The normalized spacial score (nSPS) is 12.5. The highest BCUT2D eigenvalue weighted by molar-refractivity contribution is 5.15. The number of likely N-dealkylation sites (N-methyl/N-ethyl adjacent to an activating group) is 1. The van der Waals surface area contributed by atoms with E-state index in [1.165, 1.54) is 17.0 Å². The predicted molar refractivity (Wildman–Crippen MR) is 86.4 cm³/mol. The van der Waals surface area contributed by atoms with Gasteiger partial charge in [0.1, 0.15) is 0 Å². The monoisotopic (exact) mass is 286 g/mol. The zero-order valence-electron chi connectivity index (χ0n) is 13.3. The zero-order chi connectivity index (χ0) is 15.1. The van der Waals surface area contributed by atoms with Crippen molar-refractivity contribution in [3.63, 3.8) is 0 Å². The van der Waals surface area contributed by atoms with Crippen LogP contribution >= 0.6 is 0 Å². The molecular formula is C17H26N4. The number of aromatic nitrogens is 3. The molecule has 4 nitrogen and oxygen atoms in total. The van der Waals surface area contributed by atoms with Crippen LogP contribution < -0.4 is 5.32 Å². The Morgan fingerprint density at radius 2 is 2.10 bits per heavy atom. The summed E-state index contributed by atoms with van der Waals surface area (Å²) in [4.78, 5) is 4.21. The molecule has 114 valence electrons. The van der Waals surface area contributed by atoms with Crippen molar-refractivity contribution in [3.8, 4) is 0 Å². The molecule has 21 heavy (non-hydrogen) atoms. The van der Waals surface area contributed by atoms with E-state index in [1.807, 2.05) is 18.5 Å². The van der Waals surface area contributed by atoms with Crippen molar-refractivity contribution in [3.05, 3.63) is 47.5 Å². The largest absolute Gasteiger partial charge is 0.314 e. The summed E-state index contributed by atoms with van der Waals surface area (Å²) in [6.07, 6.45) is 6.78. The van der Waals surface area contributed by atoms with Gasteiger partial charge in [0, 0.05) is 37.1 Å². The van der Waals surface area contributed by atoms with Crippen LogP contribution in [-0.4, -0.2) is 27.4 Å². The van der Waals surface area contributed by atoms with Gasteiger partial charge in [0.05, 0.1) is 5.69 Å². The Bertz CT molecular complexity index is 533. The minimum atomic E-state index is 0.422. The fraction of sp³-hybridized carbons (Fsp3) is 0.529. The number of rotatable bonds is 8. The first-order valence-electron chi connectivity index (χ1n) is 7.94. The molecule has 0 saturated heterocycles. The Labute approximate surface area is 127 Å². The molecule has 0 aromatic carbocycles. The van der Waals surface area contributed by atoms with E-state index in [-0.39, 0.29) is 0 Å². The van der Waals surface area contributed by atoms with Gasteiger partial charge in [0.15, 0.2) is 0 Å². The molecule has 0 amide bonds. The van der Waals surface area contributed by atoms with Gasteiger partial charge in [0.2, 0.25) is 0 Å². The van der Waals surface area contributed by atoms with E-state index >= 15 is 0 Å². The molecule has 1 N–H and O–H groups in total. The highest BCUT2D eigenvalue weighted by Gasteiger charge is 2.14. The van der Waals surface area contributed by atoms with Crippen LogP contribution in [0.3, 0.4) is 0 Å². The van der Waals surface area contributed by atoms with E-state index in [2.05, 4.69) is 53.0 Å². The van der Waals surface area contributed by atoms with Crippen molar-refractivity contribution in [2.45, 2.75) is 52.6 Å². The Hall–Kier alpha value is -1.68. The Kier molecular flexibility index (Phi) is 5.93. The van der Waals surface area contributed by atoms with E-state index in [4.69, 9.17) is 0 Å². The molecule has 1 atom stereocenters. The van der Waals surface area contributed by atoms with Gasteiger partial charge in [-0.3, -0.25) is 9.67 Å². The molecule has 0 aliphatic rings. The van der Waals surface area contributed by atoms with Crippen LogP contribution in [0.4, 0.5) is 0 Å². The van der Waals surface area contributed by atoms with E-state index in [9.17, 15) is 0 Å². The first-order chi connectivity index (χ1) is 10.3. The number of aryl methyl sites for hydroxylation is 2. The van der Waals surface area contributed by atoms with Crippen molar-refractivity contribution < 1.29 is 0 Å². The minimum Gasteiger partial charge on any atom is -0.314 e. The molecule has 2 aromatic rings. The number of hydrogen-bond acceptors (Lipinski definition) is 3. The molecule has 0 aliphatic carbocycles. The molecule has 0 radical (unpaired) electrons. The number of pyridine rings is 1. The summed E-state index contributed by atoms with van der Waals surface area (Å²) in [5.41, 5.74) is 3.79. The topological polar surface area (TPSA) is 42.7 Å². The second-order valence-corrected chi connectivity index (χ2v) is 5.32. The van der Waals surface area contributed by atoms with E-state index < -0.39 is 0 Å². The van der Waals surface area contributed by atoms with Crippen molar-refractivity contribution in [2.75, 3.05) is 6.54 Å². The van der Waals surface area contributed by atoms with Gasteiger partial charge in [-0.15, -0.1) is 0 Å². The summed E-state index contributed by atoms with van der Waals surface area (Å²) in [7, 11) is 0. The van der Waals surface area contributed by atoms with Crippen LogP contribution in [-0.2, 0) is 25.8 Å². The Morgan fingerprint density at radius 1 is 1.24 bits per heavy atom. The summed E-state index contributed by atoms with van der Waals surface area (Å²) in [6.45, 7) is 8.38. The lowest BCUT2D eigenvalue weighted by molar-refractivity contribution is 0.495. The maximum Gasteiger partial charge on any atom is 0.0624 e. The SMILES string of the molecule is CCNC(Cc1cccnc1)Cc1cc(CC)nn1CC. The molecule has 0 spiro atoms. The summed E-state index contributed by atoms with van der Waals surface area (Å²) in [5.74, 6) is 0. The van der Waals surface area contributed by atoms with E-state index in [0.29, 0.717) is 6.04 Å². The summed E-state index contributed by atoms with van der Waals surface area (Å²) in [6, 6.07) is 6.82. The van der Waals surface area contributed by atoms with E-state index in [0.717, 1.165) is 32.4 Å². The molecule has 4 heteroatoms. The first-order valence-corrected chi connectivity index (χ1v) is 7.94. The van der Waals surface area contributed by atoms with Gasteiger partial charge in [-0.1, -0.05) is 19.9 Å². The molecule has 1 unspecified atom stereocenters. The number of hydrogen-bond donors (Lipinski definition) is 1. The van der Waals surface area contributed by atoms with Gasteiger partial charge < -0.3 is 5.32 Å². The first kappa shape index (κ1) is 15.7. The third kappa shape index (κ3) is 4.39. The predicted octanol–water partition coefficient (Wildman–Crippen LogP) is 2.62. The summed E-state index contributed by atoms with van der Waals surface area (Å²) >= 11 is 0. The number of nitrogens with zero attached hydrogens (tertiary/aromatic N) is 3. The van der Waals surface area contributed by atoms with Crippen molar-refractivity contribution in [2.24, 2.45) is 0 Å². The van der Waals surface area contributed by atoms with Crippen LogP contribution in [0, 0.1) is 0 Å². The lowest BCUT2D eigenvalue weighted by Crippen LogP contribution is -2.33. The molecule has 2 aromatic heterocycles. The zero-order valence-corrected chi connectivity index (χ0v) is 13.3. The maximum absolute atomic E-state index is 4.64. The van der Waals surface area contributed by atoms with Crippen LogP contribution in [0.1, 0.15) is 37.7 Å². The van der Waals surface area contributed by atoms with Gasteiger partial charge in [-0.05, 0) is 44.0 Å². The van der Waals surface area contributed by atoms with Gasteiger partial charge in [-0.2, -0.15) is 5.10 Å². The average molecular weight is 286 g/mol. The van der Waals surface area contributed by atoms with Crippen molar-refractivity contribution in [1.82, 2.24) is 20.1 Å². The minimum absolute atomic E-state index is 0.422. The van der Waals surface area contributed by atoms with Crippen LogP contribution in [0.2, 0.25) is 0 Å². The molecule has 0 bridgehead atoms. The lowest BCUT2D eigenvalue weighted by atomic mass is 10.0. The summed E-state index contributed by atoms with van der Waals surface area (Å²) < 4.78 is 2.13. The summed E-state index contributed by atoms with van der Waals surface area (Å²) in [5, 5.41) is 8.23. The molecule has 2 heterocycles. The number of nitrogens with one attached hydrogen (secondary N) is 1. The lowest BCUT2D eigenvalue weighted by Gasteiger charge is -2.18. The standard InChI is InChI=1S/C17H26N4/c1-4-15-11-17(21(6-3)20-15)12-16(19-5-2)10-14-8-7-9-18-13-14/h7-9,11,13,16,19H,4-6,10,12H2,1-3H3. The van der Waals surface area contributed by atoms with Crippen LogP contribution in [0.25, 0.3) is 0 Å². The molecule has 2 rings (SSSR count). The van der Waals surface area contributed by atoms with E-state index in [1.54, 1.807) is 0 Å². The third-order valence-corrected chi connectivity index (χ3v) is 3.73. The molecule has 0 fully saturated rings.